The highest BCUT2D eigenvalue weighted by atomic mass is 35.5. The number of amides is 1. The molecule has 1 aromatic rings. The molecule has 1 unspecified atom stereocenters. The number of halogens is 3. The Labute approximate surface area is 141 Å². The van der Waals surface area contributed by atoms with E-state index in [2.05, 4.69) is 0 Å². The summed E-state index contributed by atoms with van der Waals surface area (Å²) in [6.45, 7) is 2.86. The van der Waals surface area contributed by atoms with Gasteiger partial charge in [0, 0.05) is 18.5 Å². The molecule has 0 radical (unpaired) electrons. The van der Waals surface area contributed by atoms with Crippen molar-refractivity contribution in [3.63, 3.8) is 0 Å². The molecule has 1 saturated carbocycles. The van der Waals surface area contributed by atoms with Crippen LogP contribution >= 0.6 is 12.4 Å². The van der Waals surface area contributed by atoms with Gasteiger partial charge in [0.2, 0.25) is 5.91 Å². The number of rotatable bonds is 2. The van der Waals surface area contributed by atoms with Crippen molar-refractivity contribution in [3.8, 4) is 0 Å². The summed E-state index contributed by atoms with van der Waals surface area (Å²) in [5.41, 5.74) is 6.91. The van der Waals surface area contributed by atoms with Crippen LogP contribution in [-0.2, 0) is 11.2 Å². The number of nitrogens with two attached hydrogens (primary N) is 1. The van der Waals surface area contributed by atoms with E-state index in [4.69, 9.17) is 5.73 Å². The smallest absolute Gasteiger partial charge is 0.226 e. The average Bonchev–Trinajstić information content (AvgIpc) is 2.96. The van der Waals surface area contributed by atoms with E-state index in [1.807, 2.05) is 6.92 Å². The molecule has 6 heteroatoms. The van der Waals surface area contributed by atoms with Gasteiger partial charge in [-0.2, -0.15) is 0 Å². The molecule has 1 aliphatic heterocycles. The second-order valence-electron chi connectivity index (χ2n) is 6.45. The van der Waals surface area contributed by atoms with Gasteiger partial charge in [-0.15, -0.1) is 12.4 Å². The molecule has 3 nitrogen and oxygen atoms in total. The van der Waals surface area contributed by atoms with E-state index in [1.54, 1.807) is 4.90 Å². The molecule has 0 bridgehead atoms. The van der Waals surface area contributed by atoms with Gasteiger partial charge in [-0.1, -0.05) is 6.42 Å². The van der Waals surface area contributed by atoms with Crippen molar-refractivity contribution in [1.82, 2.24) is 4.90 Å². The van der Waals surface area contributed by atoms with Gasteiger partial charge in [0.25, 0.3) is 0 Å². The Morgan fingerprint density at radius 1 is 1.35 bits per heavy atom. The number of nitrogens with zero attached hydrogens (tertiary/aromatic N) is 1. The van der Waals surface area contributed by atoms with E-state index in [0.29, 0.717) is 30.6 Å². The second kappa shape index (κ2) is 7.14. The molecule has 1 aliphatic carbocycles. The summed E-state index contributed by atoms with van der Waals surface area (Å²) in [7, 11) is 0. The molecule has 0 aromatic heterocycles. The SMILES string of the molecule is CC1c2cc(F)cc(F)c2CCN1C(=O)[C@@H]1CCC[C@@H]1CN.Cl. The molecule has 1 fully saturated rings. The Bertz CT molecular complexity index is 596. The summed E-state index contributed by atoms with van der Waals surface area (Å²) >= 11 is 0. The summed E-state index contributed by atoms with van der Waals surface area (Å²) < 4.78 is 27.4. The first-order valence-electron chi connectivity index (χ1n) is 8.01. The van der Waals surface area contributed by atoms with Gasteiger partial charge in [-0.3, -0.25) is 4.79 Å². The maximum atomic E-state index is 13.9. The lowest BCUT2D eigenvalue weighted by Crippen LogP contribution is -2.44. The first-order chi connectivity index (χ1) is 10.5. The van der Waals surface area contributed by atoms with E-state index in [1.165, 1.54) is 6.07 Å². The first-order valence-corrected chi connectivity index (χ1v) is 8.01. The minimum atomic E-state index is -0.585. The average molecular weight is 345 g/mol. The number of carbonyl (C=O) groups excluding carboxylic acids is 1. The van der Waals surface area contributed by atoms with Gasteiger partial charge in [0.15, 0.2) is 0 Å². The zero-order valence-electron chi connectivity index (χ0n) is 13.2. The van der Waals surface area contributed by atoms with Crippen LogP contribution in [-0.4, -0.2) is 23.9 Å². The fourth-order valence-electron chi connectivity index (χ4n) is 4.01. The van der Waals surface area contributed by atoms with Crippen LogP contribution in [0.1, 0.15) is 43.4 Å². The van der Waals surface area contributed by atoms with Crippen LogP contribution in [0.2, 0.25) is 0 Å². The van der Waals surface area contributed by atoms with Crippen molar-refractivity contribution < 1.29 is 13.6 Å². The molecule has 2 aliphatic rings. The van der Waals surface area contributed by atoms with Crippen molar-refractivity contribution in [2.45, 2.75) is 38.6 Å². The Kier molecular flexibility index (Phi) is 5.63. The molecule has 1 amide bonds. The maximum absolute atomic E-state index is 13.9. The molecule has 3 rings (SSSR count). The van der Waals surface area contributed by atoms with Gasteiger partial charge in [-0.05, 0) is 55.8 Å². The molecule has 1 aromatic carbocycles. The third-order valence-electron chi connectivity index (χ3n) is 5.28. The second-order valence-corrected chi connectivity index (χ2v) is 6.45. The minimum absolute atomic E-state index is 0. The molecular weight excluding hydrogens is 322 g/mol. The van der Waals surface area contributed by atoms with Crippen LogP contribution in [0.25, 0.3) is 0 Å². The Balaban J connectivity index is 0.00000192. The van der Waals surface area contributed by atoms with Crippen LogP contribution < -0.4 is 5.73 Å². The minimum Gasteiger partial charge on any atom is -0.335 e. The summed E-state index contributed by atoms with van der Waals surface area (Å²) in [4.78, 5) is 14.6. The largest absolute Gasteiger partial charge is 0.335 e. The fourth-order valence-corrected chi connectivity index (χ4v) is 4.01. The first kappa shape index (κ1) is 18.1. The Morgan fingerprint density at radius 3 is 2.78 bits per heavy atom. The lowest BCUT2D eigenvalue weighted by Gasteiger charge is -2.38. The number of fused-ring (bicyclic) bond motifs is 1. The number of hydrogen-bond acceptors (Lipinski definition) is 2. The molecular formula is C17H23ClF2N2O. The third kappa shape index (κ3) is 3.22. The summed E-state index contributed by atoms with van der Waals surface area (Å²) in [6.07, 6.45) is 3.33. The van der Waals surface area contributed by atoms with Gasteiger partial charge < -0.3 is 10.6 Å². The molecule has 0 saturated heterocycles. The van der Waals surface area contributed by atoms with Crippen LogP contribution in [0, 0.1) is 23.5 Å². The normalized spacial score (nSPS) is 26.6. The zero-order chi connectivity index (χ0) is 15.9. The van der Waals surface area contributed by atoms with Crippen molar-refractivity contribution in [2.75, 3.05) is 13.1 Å². The predicted molar refractivity (Wildman–Crippen MR) is 87.3 cm³/mol. The number of carbonyl (C=O) groups is 1. The lowest BCUT2D eigenvalue weighted by atomic mass is 9.89. The van der Waals surface area contributed by atoms with Crippen molar-refractivity contribution in [1.29, 1.82) is 0 Å². The van der Waals surface area contributed by atoms with Crippen molar-refractivity contribution in [2.24, 2.45) is 17.6 Å². The summed E-state index contributed by atoms with van der Waals surface area (Å²) in [6, 6.07) is 1.99. The zero-order valence-corrected chi connectivity index (χ0v) is 14.0. The van der Waals surface area contributed by atoms with E-state index in [9.17, 15) is 13.6 Å². The monoisotopic (exact) mass is 344 g/mol. The molecule has 3 atom stereocenters. The van der Waals surface area contributed by atoms with E-state index in [0.717, 1.165) is 25.3 Å². The van der Waals surface area contributed by atoms with Gasteiger partial charge in [0.1, 0.15) is 11.6 Å². The van der Waals surface area contributed by atoms with Crippen molar-refractivity contribution >= 4 is 18.3 Å². The molecule has 0 spiro atoms. The van der Waals surface area contributed by atoms with Crippen LogP contribution in [0.3, 0.4) is 0 Å². The topological polar surface area (TPSA) is 46.3 Å². The molecule has 23 heavy (non-hydrogen) atoms. The lowest BCUT2D eigenvalue weighted by molar-refractivity contribution is -0.139. The highest BCUT2D eigenvalue weighted by Gasteiger charge is 2.38. The third-order valence-corrected chi connectivity index (χ3v) is 5.28. The Hall–Kier alpha value is -1.20. The van der Waals surface area contributed by atoms with Gasteiger partial charge in [-0.25, -0.2) is 8.78 Å². The maximum Gasteiger partial charge on any atom is 0.226 e. The highest BCUT2D eigenvalue weighted by Crippen LogP contribution is 2.37. The van der Waals surface area contributed by atoms with Gasteiger partial charge in [0.05, 0.1) is 6.04 Å². The quantitative estimate of drug-likeness (QED) is 0.895. The van der Waals surface area contributed by atoms with E-state index >= 15 is 0 Å². The van der Waals surface area contributed by atoms with E-state index in [-0.39, 0.29) is 36.2 Å². The fraction of sp³-hybridized carbons (Fsp3) is 0.588. The molecule has 128 valence electrons. The standard InChI is InChI=1S/C17H22F2N2O.ClH/c1-10-15-7-12(18)8-16(19)14(15)5-6-21(10)17(22)13-4-2-3-11(13)9-20;/h7-8,10-11,13H,2-6,9,20H2,1H3;1H/t10?,11-,13-;/m1./s1. The van der Waals surface area contributed by atoms with Crippen LogP contribution in [0.15, 0.2) is 12.1 Å². The molecule has 1 heterocycles. The summed E-state index contributed by atoms with van der Waals surface area (Å²) in [5, 5.41) is 0. The molecule has 2 N–H and O–H groups in total. The van der Waals surface area contributed by atoms with Crippen LogP contribution in [0.5, 0.6) is 0 Å². The number of benzene rings is 1. The number of hydrogen-bond donors (Lipinski definition) is 1. The van der Waals surface area contributed by atoms with Crippen LogP contribution in [0.4, 0.5) is 8.78 Å². The van der Waals surface area contributed by atoms with Crippen molar-refractivity contribution in [3.05, 3.63) is 34.9 Å². The van der Waals surface area contributed by atoms with E-state index < -0.39 is 11.6 Å². The Morgan fingerprint density at radius 2 is 2.09 bits per heavy atom. The highest BCUT2D eigenvalue weighted by molar-refractivity contribution is 5.85. The van der Waals surface area contributed by atoms with Gasteiger partial charge >= 0.3 is 0 Å². The predicted octanol–water partition coefficient (Wildman–Crippen LogP) is 3.21. The summed E-state index contributed by atoms with van der Waals surface area (Å²) in [5.74, 6) is -0.790.